The first-order valence-electron chi connectivity index (χ1n) is 4.91. The predicted molar refractivity (Wildman–Crippen MR) is 51.9 cm³/mol. The minimum atomic E-state index is -0.0556. The lowest BCUT2D eigenvalue weighted by Crippen LogP contribution is -2.43. The highest BCUT2D eigenvalue weighted by molar-refractivity contribution is 5.77. The summed E-state index contributed by atoms with van der Waals surface area (Å²) in [6.45, 7) is 5.00. The highest BCUT2D eigenvalue weighted by atomic mass is 16.5. The fourth-order valence-electron chi connectivity index (χ4n) is 1.19. The van der Waals surface area contributed by atoms with E-state index in [1.807, 2.05) is 6.92 Å². The fourth-order valence-corrected chi connectivity index (χ4v) is 1.19. The topological polar surface area (TPSA) is 64.8 Å². The van der Waals surface area contributed by atoms with Crippen molar-refractivity contribution in [1.29, 1.82) is 0 Å². The Morgan fingerprint density at radius 1 is 1.57 bits per heavy atom. The van der Waals surface area contributed by atoms with Gasteiger partial charge in [-0.2, -0.15) is 0 Å². The molecule has 1 saturated heterocycles. The Labute approximate surface area is 84.1 Å². The van der Waals surface area contributed by atoms with Crippen molar-refractivity contribution in [3.63, 3.8) is 0 Å². The molecule has 0 saturated carbocycles. The van der Waals surface area contributed by atoms with Crippen LogP contribution in [-0.2, 0) is 14.3 Å². The number of hydrogen-bond acceptors (Lipinski definition) is 4. The summed E-state index contributed by atoms with van der Waals surface area (Å²) in [6, 6.07) is 0. The SMILES string of the molecule is CC(CN)OCC(=O)N1CCOCC1. The van der Waals surface area contributed by atoms with Gasteiger partial charge in [-0.1, -0.05) is 0 Å². The van der Waals surface area contributed by atoms with E-state index in [9.17, 15) is 4.79 Å². The second-order valence-electron chi connectivity index (χ2n) is 3.35. The Hall–Kier alpha value is -0.650. The third-order valence-electron chi connectivity index (χ3n) is 2.19. The number of rotatable bonds is 4. The molecule has 1 atom stereocenters. The molecule has 1 rings (SSSR count). The molecule has 0 radical (unpaired) electrons. The predicted octanol–water partition coefficient (Wildman–Crippen LogP) is -0.791. The second kappa shape index (κ2) is 5.95. The van der Waals surface area contributed by atoms with Gasteiger partial charge in [0.15, 0.2) is 0 Å². The summed E-state index contributed by atoms with van der Waals surface area (Å²) in [5.41, 5.74) is 5.37. The van der Waals surface area contributed by atoms with Gasteiger partial charge in [-0.25, -0.2) is 0 Å². The van der Waals surface area contributed by atoms with Crippen LogP contribution in [0.4, 0.5) is 0 Å². The first-order valence-corrected chi connectivity index (χ1v) is 4.91. The van der Waals surface area contributed by atoms with Gasteiger partial charge in [0.05, 0.1) is 19.3 Å². The summed E-state index contributed by atoms with van der Waals surface area (Å²) in [5.74, 6) is 0.0219. The molecular weight excluding hydrogens is 184 g/mol. The summed E-state index contributed by atoms with van der Waals surface area (Å²) in [5, 5.41) is 0. The van der Waals surface area contributed by atoms with Crippen LogP contribution in [-0.4, -0.2) is 56.4 Å². The number of nitrogens with two attached hydrogens (primary N) is 1. The van der Waals surface area contributed by atoms with Crippen LogP contribution in [0.3, 0.4) is 0 Å². The molecule has 1 amide bonds. The van der Waals surface area contributed by atoms with Crippen LogP contribution < -0.4 is 5.73 Å². The van der Waals surface area contributed by atoms with Gasteiger partial charge in [0, 0.05) is 19.6 Å². The van der Waals surface area contributed by atoms with Crippen molar-refractivity contribution in [1.82, 2.24) is 4.90 Å². The van der Waals surface area contributed by atoms with Crippen LogP contribution in [0.25, 0.3) is 0 Å². The highest BCUT2D eigenvalue weighted by Crippen LogP contribution is 1.98. The van der Waals surface area contributed by atoms with E-state index in [1.54, 1.807) is 4.90 Å². The van der Waals surface area contributed by atoms with Crippen molar-refractivity contribution in [2.75, 3.05) is 39.5 Å². The molecule has 1 fully saturated rings. The standard InChI is InChI=1S/C9H18N2O3/c1-8(6-10)14-7-9(12)11-2-4-13-5-3-11/h8H,2-7,10H2,1H3. The van der Waals surface area contributed by atoms with Crippen molar-refractivity contribution in [3.8, 4) is 0 Å². The molecule has 0 aliphatic carbocycles. The van der Waals surface area contributed by atoms with Gasteiger partial charge >= 0.3 is 0 Å². The van der Waals surface area contributed by atoms with Crippen LogP contribution in [0.5, 0.6) is 0 Å². The van der Waals surface area contributed by atoms with Crippen LogP contribution in [0.15, 0.2) is 0 Å². The van der Waals surface area contributed by atoms with Gasteiger partial charge < -0.3 is 20.1 Å². The lowest BCUT2D eigenvalue weighted by Gasteiger charge is -2.27. The lowest BCUT2D eigenvalue weighted by molar-refractivity contribution is -0.141. The van der Waals surface area contributed by atoms with Crippen molar-refractivity contribution >= 4 is 5.91 Å². The van der Waals surface area contributed by atoms with Crippen LogP contribution in [0.1, 0.15) is 6.92 Å². The monoisotopic (exact) mass is 202 g/mol. The molecule has 0 spiro atoms. The number of carbonyl (C=O) groups is 1. The largest absolute Gasteiger partial charge is 0.378 e. The highest BCUT2D eigenvalue weighted by Gasteiger charge is 2.17. The first kappa shape index (κ1) is 11.4. The number of carbonyl (C=O) groups excluding carboxylic acids is 1. The van der Waals surface area contributed by atoms with E-state index in [0.29, 0.717) is 32.8 Å². The summed E-state index contributed by atoms with van der Waals surface area (Å²) < 4.78 is 10.4. The Morgan fingerprint density at radius 2 is 2.21 bits per heavy atom. The first-order chi connectivity index (χ1) is 6.74. The molecule has 1 unspecified atom stereocenters. The summed E-state index contributed by atoms with van der Waals surface area (Å²) in [7, 11) is 0. The second-order valence-corrected chi connectivity index (χ2v) is 3.35. The third-order valence-corrected chi connectivity index (χ3v) is 2.19. The molecule has 0 aromatic rings. The Kier molecular flexibility index (Phi) is 4.86. The Bertz CT molecular complexity index is 181. The molecule has 5 heteroatoms. The molecular formula is C9H18N2O3. The van der Waals surface area contributed by atoms with Gasteiger partial charge in [-0.3, -0.25) is 4.79 Å². The van der Waals surface area contributed by atoms with Crippen molar-refractivity contribution in [3.05, 3.63) is 0 Å². The molecule has 0 aromatic carbocycles. The fraction of sp³-hybridized carbons (Fsp3) is 0.889. The molecule has 2 N–H and O–H groups in total. The zero-order chi connectivity index (χ0) is 10.4. The average molecular weight is 202 g/mol. The lowest BCUT2D eigenvalue weighted by atomic mass is 10.4. The van der Waals surface area contributed by atoms with Crippen molar-refractivity contribution in [2.45, 2.75) is 13.0 Å². The summed E-state index contributed by atoms with van der Waals surface area (Å²) in [6.07, 6.45) is -0.0556. The van der Waals surface area contributed by atoms with E-state index in [4.69, 9.17) is 15.2 Å². The van der Waals surface area contributed by atoms with Crippen molar-refractivity contribution in [2.24, 2.45) is 5.73 Å². The maximum absolute atomic E-state index is 11.5. The van der Waals surface area contributed by atoms with E-state index in [0.717, 1.165) is 0 Å². The van der Waals surface area contributed by atoms with Gasteiger partial charge in [0.25, 0.3) is 0 Å². The summed E-state index contributed by atoms with van der Waals surface area (Å²) in [4.78, 5) is 13.3. The number of morpholine rings is 1. The molecule has 82 valence electrons. The maximum Gasteiger partial charge on any atom is 0.248 e. The molecule has 1 heterocycles. The Balaban J connectivity index is 2.19. The molecule has 14 heavy (non-hydrogen) atoms. The molecule has 1 aliphatic heterocycles. The van der Waals surface area contributed by atoms with E-state index < -0.39 is 0 Å². The Morgan fingerprint density at radius 3 is 2.79 bits per heavy atom. The zero-order valence-corrected chi connectivity index (χ0v) is 8.57. The number of ether oxygens (including phenoxy) is 2. The van der Waals surface area contributed by atoms with Crippen molar-refractivity contribution < 1.29 is 14.3 Å². The van der Waals surface area contributed by atoms with Gasteiger partial charge in [-0.05, 0) is 6.92 Å². The number of nitrogens with zero attached hydrogens (tertiary/aromatic N) is 1. The van der Waals surface area contributed by atoms with Gasteiger partial charge in [0.2, 0.25) is 5.91 Å². The number of hydrogen-bond donors (Lipinski definition) is 1. The molecule has 0 bridgehead atoms. The van der Waals surface area contributed by atoms with E-state index in [-0.39, 0.29) is 18.6 Å². The van der Waals surface area contributed by atoms with E-state index in [1.165, 1.54) is 0 Å². The smallest absolute Gasteiger partial charge is 0.248 e. The summed E-state index contributed by atoms with van der Waals surface area (Å²) >= 11 is 0. The average Bonchev–Trinajstić information content (AvgIpc) is 2.26. The van der Waals surface area contributed by atoms with Gasteiger partial charge in [0.1, 0.15) is 6.61 Å². The quantitative estimate of drug-likeness (QED) is 0.649. The van der Waals surface area contributed by atoms with Crippen LogP contribution >= 0.6 is 0 Å². The van der Waals surface area contributed by atoms with Crippen LogP contribution in [0, 0.1) is 0 Å². The third kappa shape index (κ3) is 3.61. The zero-order valence-electron chi connectivity index (χ0n) is 8.57. The minimum absolute atomic E-state index is 0.0219. The molecule has 1 aliphatic rings. The molecule has 0 aromatic heterocycles. The minimum Gasteiger partial charge on any atom is -0.378 e. The van der Waals surface area contributed by atoms with Crippen LogP contribution in [0.2, 0.25) is 0 Å². The molecule has 5 nitrogen and oxygen atoms in total. The normalized spacial score (nSPS) is 19.4. The van der Waals surface area contributed by atoms with E-state index >= 15 is 0 Å². The number of amides is 1. The van der Waals surface area contributed by atoms with E-state index in [2.05, 4.69) is 0 Å². The maximum atomic E-state index is 11.5. The van der Waals surface area contributed by atoms with Gasteiger partial charge in [-0.15, -0.1) is 0 Å².